The van der Waals surface area contributed by atoms with Gasteiger partial charge in [0, 0.05) is 5.41 Å². The second-order valence-corrected chi connectivity index (χ2v) is 5.21. The molecule has 0 aliphatic heterocycles. The van der Waals surface area contributed by atoms with Crippen molar-refractivity contribution in [2.45, 2.75) is 43.4 Å². The third-order valence-corrected chi connectivity index (χ3v) is 3.89. The summed E-state index contributed by atoms with van der Waals surface area (Å²) in [4.78, 5) is 10.9. The average molecular weight is 216 g/mol. The zero-order valence-electron chi connectivity index (χ0n) is 9.28. The lowest BCUT2D eigenvalue weighted by Gasteiger charge is -2.17. The van der Waals surface area contributed by atoms with Gasteiger partial charge >= 0.3 is 5.97 Å². The first-order valence-corrected chi connectivity index (χ1v) is 6.02. The topological polar surface area (TPSA) is 37.3 Å². The standard InChI is InChI=1S/C14H16O2/c15-13(16)9-14(7-8-14)12-4-2-1-3-11(12)10-5-6-10/h1-4,10H,5-9H2,(H,15,16). The predicted molar refractivity (Wildman–Crippen MR) is 61.6 cm³/mol. The highest BCUT2D eigenvalue weighted by Crippen LogP contribution is 2.55. The summed E-state index contributed by atoms with van der Waals surface area (Å²) in [5, 5.41) is 9.00. The van der Waals surface area contributed by atoms with Gasteiger partial charge in [0.1, 0.15) is 0 Å². The Morgan fingerprint density at radius 1 is 1.31 bits per heavy atom. The molecule has 1 N–H and O–H groups in total. The molecule has 0 heterocycles. The molecule has 0 aromatic heterocycles. The van der Waals surface area contributed by atoms with Gasteiger partial charge in [-0.1, -0.05) is 24.3 Å². The van der Waals surface area contributed by atoms with Crippen molar-refractivity contribution in [1.29, 1.82) is 0 Å². The van der Waals surface area contributed by atoms with Crippen molar-refractivity contribution >= 4 is 5.97 Å². The molecule has 0 radical (unpaired) electrons. The van der Waals surface area contributed by atoms with E-state index in [1.165, 1.54) is 24.0 Å². The summed E-state index contributed by atoms with van der Waals surface area (Å²) < 4.78 is 0. The monoisotopic (exact) mass is 216 g/mol. The van der Waals surface area contributed by atoms with E-state index in [2.05, 4.69) is 18.2 Å². The van der Waals surface area contributed by atoms with Crippen LogP contribution in [0, 0.1) is 0 Å². The van der Waals surface area contributed by atoms with Crippen LogP contribution in [0.1, 0.15) is 49.1 Å². The largest absolute Gasteiger partial charge is 0.481 e. The maximum atomic E-state index is 10.9. The quantitative estimate of drug-likeness (QED) is 0.839. The number of rotatable bonds is 4. The lowest BCUT2D eigenvalue weighted by Crippen LogP contribution is -2.14. The highest BCUT2D eigenvalue weighted by molar-refractivity contribution is 5.70. The molecule has 2 aliphatic rings. The molecule has 0 bridgehead atoms. The van der Waals surface area contributed by atoms with Crippen molar-refractivity contribution in [3.63, 3.8) is 0 Å². The number of benzene rings is 1. The molecule has 2 heteroatoms. The van der Waals surface area contributed by atoms with Crippen molar-refractivity contribution in [3.05, 3.63) is 35.4 Å². The fraction of sp³-hybridized carbons (Fsp3) is 0.500. The van der Waals surface area contributed by atoms with Gasteiger partial charge in [0.05, 0.1) is 6.42 Å². The van der Waals surface area contributed by atoms with Gasteiger partial charge in [-0.3, -0.25) is 4.79 Å². The lowest BCUT2D eigenvalue weighted by molar-refractivity contribution is -0.137. The van der Waals surface area contributed by atoms with Gasteiger partial charge < -0.3 is 5.11 Å². The summed E-state index contributed by atoms with van der Waals surface area (Å²) in [7, 11) is 0. The van der Waals surface area contributed by atoms with E-state index < -0.39 is 5.97 Å². The molecule has 0 atom stereocenters. The highest BCUT2D eigenvalue weighted by Gasteiger charge is 2.48. The molecule has 0 spiro atoms. The van der Waals surface area contributed by atoms with E-state index in [0.29, 0.717) is 12.3 Å². The Hall–Kier alpha value is -1.31. The molecule has 2 saturated carbocycles. The Labute approximate surface area is 95.3 Å². The van der Waals surface area contributed by atoms with Gasteiger partial charge in [-0.05, 0) is 42.7 Å². The van der Waals surface area contributed by atoms with Crippen molar-refractivity contribution in [1.82, 2.24) is 0 Å². The zero-order chi connectivity index (χ0) is 11.2. The van der Waals surface area contributed by atoms with Crippen LogP contribution in [0.25, 0.3) is 0 Å². The van der Waals surface area contributed by atoms with Crippen LogP contribution >= 0.6 is 0 Å². The van der Waals surface area contributed by atoms with Gasteiger partial charge in [0.15, 0.2) is 0 Å². The maximum Gasteiger partial charge on any atom is 0.304 e. The number of hydrogen-bond acceptors (Lipinski definition) is 1. The molecule has 0 amide bonds. The van der Waals surface area contributed by atoms with E-state index in [1.807, 2.05) is 6.07 Å². The van der Waals surface area contributed by atoms with Crippen molar-refractivity contribution < 1.29 is 9.90 Å². The molecular formula is C14H16O2. The van der Waals surface area contributed by atoms with E-state index in [0.717, 1.165) is 12.8 Å². The van der Waals surface area contributed by atoms with Crippen LogP contribution in [-0.4, -0.2) is 11.1 Å². The Morgan fingerprint density at radius 2 is 2.00 bits per heavy atom. The van der Waals surface area contributed by atoms with E-state index in [1.54, 1.807) is 0 Å². The average Bonchev–Trinajstić information content (AvgIpc) is 3.12. The van der Waals surface area contributed by atoms with Gasteiger partial charge in [-0.2, -0.15) is 0 Å². The number of carbonyl (C=O) groups is 1. The van der Waals surface area contributed by atoms with Crippen LogP contribution in [0.5, 0.6) is 0 Å². The first-order valence-electron chi connectivity index (χ1n) is 6.02. The second-order valence-electron chi connectivity index (χ2n) is 5.21. The Balaban J connectivity index is 1.96. The van der Waals surface area contributed by atoms with Gasteiger partial charge in [-0.25, -0.2) is 0 Å². The van der Waals surface area contributed by atoms with Gasteiger partial charge in [0.25, 0.3) is 0 Å². The Kier molecular flexibility index (Phi) is 2.06. The highest BCUT2D eigenvalue weighted by atomic mass is 16.4. The number of aliphatic carboxylic acids is 1. The van der Waals surface area contributed by atoms with Crippen LogP contribution in [0.15, 0.2) is 24.3 Å². The normalized spacial score (nSPS) is 21.8. The van der Waals surface area contributed by atoms with Gasteiger partial charge in [-0.15, -0.1) is 0 Å². The predicted octanol–water partition coefficient (Wildman–Crippen LogP) is 3.07. The minimum Gasteiger partial charge on any atom is -0.481 e. The molecule has 2 fully saturated rings. The van der Waals surface area contributed by atoms with E-state index in [9.17, 15) is 4.79 Å². The van der Waals surface area contributed by atoms with Crippen LogP contribution in [0.4, 0.5) is 0 Å². The molecular weight excluding hydrogens is 200 g/mol. The first-order chi connectivity index (χ1) is 7.71. The van der Waals surface area contributed by atoms with E-state index >= 15 is 0 Å². The Morgan fingerprint density at radius 3 is 2.56 bits per heavy atom. The molecule has 3 rings (SSSR count). The Bertz CT molecular complexity index is 428. The van der Waals surface area contributed by atoms with Crippen LogP contribution in [0.3, 0.4) is 0 Å². The molecule has 1 aromatic rings. The summed E-state index contributed by atoms with van der Waals surface area (Å²) >= 11 is 0. The minimum atomic E-state index is -0.664. The van der Waals surface area contributed by atoms with Crippen LogP contribution in [-0.2, 0) is 10.2 Å². The summed E-state index contributed by atoms with van der Waals surface area (Å²) in [6.07, 6.45) is 4.95. The molecule has 0 unspecified atom stereocenters. The fourth-order valence-corrected chi connectivity index (χ4v) is 2.71. The molecule has 2 aliphatic carbocycles. The molecule has 0 saturated heterocycles. The minimum absolute atomic E-state index is 0.0228. The number of hydrogen-bond donors (Lipinski definition) is 1. The second kappa shape index (κ2) is 3.34. The molecule has 1 aromatic carbocycles. The van der Waals surface area contributed by atoms with Crippen molar-refractivity contribution in [2.75, 3.05) is 0 Å². The molecule has 84 valence electrons. The number of carboxylic acid groups (broad SMARTS) is 1. The third kappa shape index (κ3) is 1.62. The smallest absolute Gasteiger partial charge is 0.304 e. The maximum absolute atomic E-state index is 10.9. The molecule has 2 nitrogen and oxygen atoms in total. The lowest BCUT2D eigenvalue weighted by atomic mass is 9.87. The SMILES string of the molecule is O=C(O)CC1(c2ccccc2C2CC2)CC1. The third-order valence-electron chi connectivity index (χ3n) is 3.89. The van der Waals surface area contributed by atoms with E-state index in [4.69, 9.17) is 5.11 Å². The van der Waals surface area contributed by atoms with Gasteiger partial charge in [0.2, 0.25) is 0 Å². The first kappa shape index (κ1) is 9.88. The summed E-state index contributed by atoms with van der Waals surface area (Å²) in [5.41, 5.74) is 2.71. The van der Waals surface area contributed by atoms with Crippen LogP contribution < -0.4 is 0 Å². The van der Waals surface area contributed by atoms with E-state index in [-0.39, 0.29) is 5.41 Å². The van der Waals surface area contributed by atoms with Crippen molar-refractivity contribution in [3.8, 4) is 0 Å². The summed E-state index contributed by atoms with van der Waals surface area (Å²) in [5.74, 6) is 0.0468. The summed E-state index contributed by atoms with van der Waals surface area (Å²) in [6.45, 7) is 0. The summed E-state index contributed by atoms with van der Waals surface area (Å²) in [6, 6.07) is 8.45. The zero-order valence-corrected chi connectivity index (χ0v) is 9.28. The number of carboxylic acids is 1. The van der Waals surface area contributed by atoms with Crippen LogP contribution in [0.2, 0.25) is 0 Å². The molecule has 16 heavy (non-hydrogen) atoms. The fourth-order valence-electron chi connectivity index (χ4n) is 2.71. The van der Waals surface area contributed by atoms with Crippen molar-refractivity contribution in [2.24, 2.45) is 0 Å².